The predicted molar refractivity (Wildman–Crippen MR) is 53.5 cm³/mol. The fraction of sp³-hybridized carbons (Fsp3) is 0.778. The third-order valence-corrected chi connectivity index (χ3v) is 3.50. The molecule has 0 radical (unpaired) electrons. The average molecular weight is 201 g/mol. The second kappa shape index (κ2) is 4.65. The van der Waals surface area contributed by atoms with Crippen LogP contribution in [0, 0.1) is 0 Å². The Hall–Kier alpha value is -0.510. The third-order valence-electron chi connectivity index (χ3n) is 2.10. The first-order chi connectivity index (χ1) is 6.15. The molecule has 0 saturated carbocycles. The number of rotatable bonds is 3. The first kappa shape index (κ1) is 10.6. The summed E-state index contributed by atoms with van der Waals surface area (Å²) in [5.74, 6) is -0.260. The van der Waals surface area contributed by atoms with E-state index in [9.17, 15) is 9.59 Å². The number of nitrogens with one attached hydrogen (secondary N) is 1. The number of imide groups is 1. The van der Waals surface area contributed by atoms with Crippen molar-refractivity contribution in [3.63, 3.8) is 0 Å². The van der Waals surface area contributed by atoms with Crippen molar-refractivity contribution in [1.29, 1.82) is 0 Å². The highest BCUT2D eigenvalue weighted by Crippen LogP contribution is 2.25. The van der Waals surface area contributed by atoms with Crippen LogP contribution in [0.15, 0.2) is 0 Å². The van der Waals surface area contributed by atoms with Crippen LogP contribution in [0.2, 0.25) is 0 Å². The average Bonchev–Trinajstić information content (AvgIpc) is 2.09. The molecule has 2 amide bonds. The van der Waals surface area contributed by atoms with Gasteiger partial charge in [-0.2, -0.15) is 0 Å². The minimum Gasteiger partial charge on any atom is -0.295 e. The van der Waals surface area contributed by atoms with Crippen LogP contribution in [0.5, 0.6) is 0 Å². The zero-order valence-electron chi connectivity index (χ0n) is 8.00. The summed E-state index contributed by atoms with van der Waals surface area (Å²) >= 11 is 1.48. The van der Waals surface area contributed by atoms with Crippen molar-refractivity contribution in [2.45, 2.75) is 43.6 Å². The SMILES string of the molecule is CCCC[C@@H]1S[C@H](C)C(=O)NC1=O. The second-order valence-corrected chi connectivity index (χ2v) is 4.81. The van der Waals surface area contributed by atoms with Crippen LogP contribution in [-0.2, 0) is 9.59 Å². The van der Waals surface area contributed by atoms with E-state index in [2.05, 4.69) is 12.2 Å². The molecule has 0 unspecified atom stereocenters. The van der Waals surface area contributed by atoms with Crippen molar-refractivity contribution >= 4 is 23.6 Å². The Kier molecular flexibility index (Phi) is 3.78. The Labute approximate surface area is 82.6 Å². The number of hydrogen-bond acceptors (Lipinski definition) is 3. The normalized spacial score (nSPS) is 28.8. The van der Waals surface area contributed by atoms with E-state index in [1.54, 1.807) is 0 Å². The first-order valence-corrected chi connectivity index (χ1v) is 5.59. The number of thioether (sulfide) groups is 1. The number of carbonyl (C=O) groups excluding carboxylic acids is 2. The van der Waals surface area contributed by atoms with Gasteiger partial charge in [-0.1, -0.05) is 19.8 Å². The Bertz CT molecular complexity index is 218. The van der Waals surface area contributed by atoms with Crippen LogP contribution in [0.25, 0.3) is 0 Å². The van der Waals surface area contributed by atoms with E-state index in [4.69, 9.17) is 0 Å². The summed E-state index contributed by atoms with van der Waals surface area (Å²) in [4.78, 5) is 22.4. The molecule has 0 aromatic rings. The Morgan fingerprint density at radius 2 is 2.08 bits per heavy atom. The van der Waals surface area contributed by atoms with Gasteiger partial charge in [0.15, 0.2) is 0 Å². The maximum atomic E-state index is 11.3. The number of amides is 2. The van der Waals surface area contributed by atoms with Gasteiger partial charge in [0, 0.05) is 0 Å². The molecule has 0 spiro atoms. The van der Waals surface area contributed by atoms with Crippen molar-refractivity contribution in [2.75, 3.05) is 0 Å². The molecule has 1 aliphatic heterocycles. The van der Waals surface area contributed by atoms with Crippen LogP contribution in [0.3, 0.4) is 0 Å². The summed E-state index contributed by atoms with van der Waals surface area (Å²) < 4.78 is 0. The monoisotopic (exact) mass is 201 g/mol. The third kappa shape index (κ3) is 2.72. The Morgan fingerprint density at radius 1 is 1.38 bits per heavy atom. The van der Waals surface area contributed by atoms with E-state index in [1.165, 1.54) is 11.8 Å². The largest absolute Gasteiger partial charge is 0.295 e. The minimum absolute atomic E-state index is 0.0207. The molecule has 0 aromatic carbocycles. The van der Waals surface area contributed by atoms with E-state index in [-0.39, 0.29) is 22.3 Å². The quantitative estimate of drug-likeness (QED) is 0.701. The van der Waals surface area contributed by atoms with Gasteiger partial charge in [-0.25, -0.2) is 0 Å². The highest BCUT2D eigenvalue weighted by molar-refractivity contribution is 8.02. The molecule has 1 saturated heterocycles. The van der Waals surface area contributed by atoms with Gasteiger partial charge in [-0.15, -0.1) is 11.8 Å². The molecule has 13 heavy (non-hydrogen) atoms. The molecule has 1 aliphatic rings. The van der Waals surface area contributed by atoms with E-state index in [0.717, 1.165) is 19.3 Å². The van der Waals surface area contributed by atoms with Gasteiger partial charge >= 0.3 is 0 Å². The lowest BCUT2D eigenvalue weighted by atomic mass is 10.2. The van der Waals surface area contributed by atoms with Gasteiger partial charge in [-0.3, -0.25) is 14.9 Å². The molecular weight excluding hydrogens is 186 g/mol. The van der Waals surface area contributed by atoms with Crippen molar-refractivity contribution in [3.05, 3.63) is 0 Å². The summed E-state index contributed by atoms with van der Waals surface area (Å²) in [5, 5.41) is 2.28. The number of carbonyl (C=O) groups is 2. The lowest BCUT2D eigenvalue weighted by Crippen LogP contribution is -2.47. The maximum absolute atomic E-state index is 11.3. The maximum Gasteiger partial charge on any atom is 0.239 e. The molecule has 0 aromatic heterocycles. The Morgan fingerprint density at radius 3 is 2.69 bits per heavy atom. The van der Waals surface area contributed by atoms with Gasteiger partial charge in [0.2, 0.25) is 11.8 Å². The molecule has 3 nitrogen and oxygen atoms in total. The van der Waals surface area contributed by atoms with Gasteiger partial charge in [0.1, 0.15) is 0 Å². The molecule has 2 atom stereocenters. The van der Waals surface area contributed by atoms with Crippen LogP contribution >= 0.6 is 11.8 Å². The van der Waals surface area contributed by atoms with E-state index in [1.807, 2.05) is 6.92 Å². The summed E-state index contributed by atoms with van der Waals surface area (Å²) in [6.07, 6.45) is 3.02. The number of unbranched alkanes of at least 4 members (excludes halogenated alkanes) is 1. The first-order valence-electron chi connectivity index (χ1n) is 4.65. The fourth-order valence-corrected chi connectivity index (χ4v) is 2.42. The van der Waals surface area contributed by atoms with Crippen LogP contribution in [-0.4, -0.2) is 22.3 Å². The highest BCUT2D eigenvalue weighted by atomic mass is 32.2. The molecule has 1 fully saturated rings. The van der Waals surface area contributed by atoms with Gasteiger partial charge < -0.3 is 0 Å². The summed E-state index contributed by atoms with van der Waals surface area (Å²) in [6.45, 7) is 3.94. The lowest BCUT2D eigenvalue weighted by molar-refractivity contribution is -0.130. The molecular formula is C9H15NO2S. The minimum atomic E-state index is -0.150. The highest BCUT2D eigenvalue weighted by Gasteiger charge is 2.31. The van der Waals surface area contributed by atoms with Crippen molar-refractivity contribution < 1.29 is 9.59 Å². The lowest BCUT2D eigenvalue weighted by Gasteiger charge is -2.24. The molecule has 4 heteroatoms. The zero-order chi connectivity index (χ0) is 9.84. The second-order valence-electron chi connectivity index (χ2n) is 3.26. The predicted octanol–water partition coefficient (Wildman–Crippen LogP) is 1.32. The molecule has 1 N–H and O–H groups in total. The van der Waals surface area contributed by atoms with E-state index >= 15 is 0 Å². The smallest absolute Gasteiger partial charge is 0.239 e. The topological polar surface area (TPSA) is 46.2 Å². The Balaban J connectivity index is 2.46. The molecule has 0 aliphatic carbocycles. The summed E-state index contributed by atoms with van der Waals surface area (Å²) in [5.41, 5.74) is 0. The van der Waals surface area contributed by atoms with Crippen molar-refractivity contribution in [2.24, 2.45) is 0 Å². The fourth-order valence-electron chi connectivity index (χ4n) is 1.26. The van der Waals surface area contributed by atoms with Crippen LogP contribution in [0.4, 0.5) is 0 Å². The van der Waals surface area contributed by atoms with Crippen molar-refractivity contribution in [3.8, 4) is 0 Å². The molecule has 1 rings (SSSR count). The standard InChI is InChI=1S/C9H15NO2S/c1-3-4-5-7-9(12)10-8(11)6(2)13-7/h6-7H,3-5H2,1-2H3,(H,10,11,12)/t6-,7+/m1/s1. The van der Waals surface area contributed by atoms with Crippen molar-refractivity contribution in [1.82, 2.24) is 5.32 Å². The summed E-state index contributed by atoms with van der Waals surface area (Å²) in [7, 11) is 0. The summed E-state index contributed by atoms with van der Waals surface area (Å²) in [6, 6.07) is 0. The van der Waals surface area contributed by atoms with E-state index < -0.39 is 0 Å². The molecule has 1 heterocycles. The molecule has 0 bridgehead atoms. The number of hydrogen-bond donors (Lipinski definition) is 1. The van der Waals surface area contributed by atoms with Crippen LogP contribution in [0.1, 0.15) is 33.1 Å². The zero-order valence-corrected chi connectivity index (χ0v) is 8.82. The van der Waals surface area contributed by atoms with Crippen LogP contribution < -0.4 is 5.32 Å². The van der Waals surface area contributed by atoms with E-state index in [0.29, 0.717) is 0 Å². The molecule has 74 valence electrons. The van der Waals surface area contributed by atoms with Gasteiger partial charge in [0.05, 0.1) is 10.5 Å². The van der Waals surface area contributed by atoms with Gasteiger partial charge in [0.25, 0.3) is 0 Å². The van der Waals surface area contributed by atoms with Gasteiger partial charge in [-0.05, 0) is 13.3 Å².